The van der Waals surface area contributed by atoms with E-state index in [0.717, 1.165) is 11.1 Å². The van der Waals surface area contributed by atoms with Crippen LogP contribution in [0.3, 0.4) is 0 Å². The third kappa shape index (κ3) is 12.3. The molecule has 0 aromatic heterocycles. The Labute approximate surface area is 384 Å². The first-order valence-corrected chi connectivity index (χ1v) is 21.1. The van der Waals surface area contributed by atoms with E-state index in [4.69, 9.17) is 38.7 Å². The van der Waals surface area contributed by atoms with Crippen LogP contribution in [0.5, 0.6) is 0 Å². The normalized spacial score (nSPS) is 35.4. The molecule has 30 heteroatoms. The molecule has 1 aliphatic carbocycles. The van der Waals surface area contributed by atoms with Gasteiger partial charge in [-0.2, -0.15) is 0 Å². The standard InChI is InChI=1S/C38H48N16O14/c39-49-44-13-22-27(56)29(58)26(48-53-43)36(64-22)66-32-23(16-55)65-37(31(32)60)68-34-30(59)24(46-51-41)28(57)25(47-52-42)33(34)67-35-21(45-50-40)12-11-20(63-35)15-54(14-18-7-3-1-4-8-18)38(61)62-17-19-9-5-2-6-10-19/h1-10,20-37,55-60H,11-17H2. The Kier molecular flexibility index (Phi) is 18.6. The van der Waals surface area contributed by atoms with Crippen molar-refractivity contribution in [1.29, 1.82) is 0 Å². The highest BCUT2D eigenvalue weighted by Crippen LogP contribution is 2.38. The fourth-order valence-corrected chi connectivity index (χ4v) is 8.30. The highest BCUT2D eigenvalue weighted by Gasteiger charge is 2.57. The van der Waals surface area contributed by atoms with E-state index in [1.165, 1.54) is 4.90 Å². The van der Waals surface area contributed by atoms with Crippen LogP contribution in [0.25, 0.3) is 52.2 Å². The van der Waals surface area contributed by atoms with E-state index in [1.54, 1.807) is 36.4 Å². The van der Waals surface area contributed by atoms with E-state index in [0.29, 0.717) is 0 Å². The third-order valence-corrected chi connectivity index (χ3v) is 11.7. The van der Waals surface area contributed by atoms with Gasteiger partial charge in [-0.05, 0) is 51.6 Å². The number of nitrogens with zero attached hydrogens (tertiary/aromatic N) is 16. The van der Waals surface area contributed by atoms with Crippen LogP contribution in [0.15, 0.2) is 86.2 Å². The molecule has 18 unspecified atom stereocenters. The summed E-state index contributed by atoms with van der Waals surface area (Å²) in [5.74, 6) is 0. The van der Waals surface area contributed by atoms with Crippen LogP contribution in [0.1, 0.15) is 24.0 Å². The molecular formula is C38H48N16O14. The molecule has 364 valence electrons. The molecule has 2 aromatic rings. The van der Waals surface area contributed by atoms with Gasteiger partial charge in [-0.1, -0.05) is 86.2 Å². The van der Waals surface area contributed by atoms with Crippen molar-refractivity contribution in [3.8, 4) is 0 Å². The van der Waals surface area contributed by atoms with Gasteiger partial charge in [0, 0.05) is 31.1 Å². The van der Waals surface area contributed by atoms with E-state index in [-0.39, 0.29) is 32.5 Å². The highest BCUT2D eigenvalue weighted by atomic mass is 16.8. The molecular weight excluding hydrogens is 905 g/mol. The van der Waals surface area contributed by atoms with Crippen LogP contribution in [-0.4, -0.2) is 172 Å². The van der Waals surface area contributed by atoms with Crippen molar-refractivity contribution in [2.45, 2.75) is 136 Å². The van der Waals surface area contributed by atoms with Crippen molar-refractivity contribution in [1.82, 2.24) is 4.90 Å². The summed E-state index contributed by atoms with van der Waals surface area (Å²) in [6.45, 7) is -1.41. The second kappa shape index (κ2) is 24.7. The lowest BCUT2D eigenvalue weighted by Crippen LogP contribution is -2.66. The van der Waals surface area contributed by atoms with Crippen molar-refractivity contribution < 1.29 is 68.6 Å². The molecule has 3 heterocycles. The highest BCUT2D eigenvalue weighted by molar-refractivity contribution is 5.67. The Balaban J connectivity index is 1.27. The van der Waals surface area contributed by atoms with Gasteiger partial charge in [0.15, 0.2) is 18.9 Å². The average molecular weight is 953 g/mol. The molecule has 18 atom stereocenters. The number of carbonyl (C=O) groups excluding carboxylic acids is 1. The molecule has 4 fully saturated rings. The zero-order valence-electron chi connectivity index (χ0n) is 35.7. The number of carbonyl (C=O) groups is 1. The topological polar surface area (TPSA) is 450 Å². The number of ether oxygens (including phenoxy) is 7. The second-order valence-electron chi connectivity index (χ2n) is 15.9. The van der Waals surface area contributed by atoms with E-state index >= 15 is 0 Å². The minimum atomic E-state index is -2.04. The molecule has 68 heavy (non-hydrogen) atoms. The van der Waals surface area contributed by atoms with Crippen molar-refractivity contribution in [3.63, 3.8) is 0 Å². The van der Waals surface area contributed by atoms with Crippen molar-refractivity contribution >= 4 is 6.09 Å². The van der Waals surface area contributed by atoms with E-state index in [9.17, 15) is 57.6 Å². The summed E-state index contributed by atoms with van der Waals surface area (Å²) in [5.41, 5.74) is 48.1. The number of azide groups is 5. The largest absolute Gasteiger partial charge is 0.445 e. The number of rotatable bonds is 19. The van der Waals surface area contributed by atoms with Gasteiger partial charge in [-0.3, -0.25) is 0 Å². The van der Waals surface area contributed by atoms with Gasteiger partial charge in [-0.15, -0.1) is 0 Å². The Morgan fingerprint density at radius 2 is 1.22 bits per heavy atom. The number of benzene rings is 2. The number of amides is 1. The molecule has 0 radical (unpaired) electrons. The summed E-state index contributed by atoms with van der Waals surface area (Å²) in [5, 5.41) is 84.2. The van der Waals surface area contributed by atoms with Gasteiger partial charge in [0.1, 0.15) is 49.3 Å². The van der Waals surface area contributed by atoms with E-state index in [1.807, 2.05) is 24.3 Å². The van der Waals surface area contributed by atoms with Crippen LogP contribution in [0.4, 0.5) is 4.79 Å². The van der Waals surface area contributed by atoms with Crippen LogP contribution in [-0.2, 0) is 46.3 Å². The quantitative estimate of drug-likeness (QED) is 0.0670. The molecule has 6 N–H and O–H groups in total. The predicted octanol–water partition coefficient (Wildman–Crippen LogP) is 2.77. The zero-order chi connectivity index (χ0) is 48.7. The fourth-order valence-electron chi connectivity index (χ4n) is 8.30. The molecule has 0 spiro atoms. The summed E-state index contributed by atoms with van der Waals surface area (Å²) in [6.07, 6.45) is -24.2. The van der Waals surface area contributed by atoms with Crippen molar-refractivity contribution in [3.05, 3.63) is 124 Å². The van der Waals surface area contributed by atoms with Gasteiger partial charge < -0.3 is 68.7 Å². The molecule has 1 saturated carbocycles. The van der Waals surface area contributed by atoms with E-state index < -0.39 is 129 Å². The van der Waals surface area contributed by atoms with Crippen LogP contribution in [0.2, 0.25) is 0 Å². The molecule has 3 saturated heterocycles. The van der Waals surface area contributed by atoms with Gasteiger partial charge >= 0.3 is 6.09 Å². The van der Waals surface area contributed by atoms with Gasteiger partial charge in [0.2, 0.25) is 0 Å². The first-order chi connectivity index (χ1) is 33.0. The molecule has 4 aliphatic rings. The molecule has 30 nitrogen and oxygen atoms in total. The van der Waals surface area contributed by atoms with Crippen LogP contribution >= 0.6 is 0 Å². The van der Waals surface area contributed by atoms with Crippen molar-refractivity contribution in [2.75, 3.05) is 19.7 Å². The Morgan fingerprint density at radius 3 is 1.87 bits per heavy atom. The lowest BCUT2D eigenvalue weighted by Gasteiger charge is -2.47. The minimum Gasteiger partial charge on any atom is -0.445 e. The van der Waals surface area contributed by atoms with Crippen molar-refractivity contribution in [2.24, 2.45) is 25.6 Å². The summed E-state index contributed by atoms with van der Waals surface area (Å²) < 4.78 is 41.8. The first-order valence-electron chi connectivity index (χ1n) is 21.1. The maximum atomic E-state index is 13.6. The Morgan fingerprint density at radius 1 is 0.618 bits per heavy atom. The number of hydrogen-bond acceptors (Lipinski definition) is 19. The number of aliphatic hydroxyl groups excluding tert-OH is 6. The molecule has 0 bridgehead atoms. The summed E-state index contributed by atoms with van der Waals surface area (Å²) in [7, 11) is 0. The maximum absolute atomic E-state index is 13.6. The van der Waals surface area contributed by atoms with Gasteiger partial charge in [0.05, 0.1) is 68.3 Å². The Bertz CT molecular complexity index is 2230. The summed E-state index contributed by atoms with van der Waals surface area (Å²) >= 11 is 0. The van der Waals surface area contributed by atoms with Gasteiger partial charge in [0.25, 0.3) is 0 Å². The lowest BCUT2D eigenvalue weighted by molar-refractivity contribution is -0.296. The maximum Gasteiger partial charge on any atom is 0.410 e. The molecule has 2 aromatic carbocycles. The summed E-state index contributed by atoms with van der Waals surface area (Å²) in [4.78, 5) is 28.7. The van der Waals surface area contributed by atoms with Crippen LogP contribution < -0.4 is 0 Å². The smallest absolute Gasteiger partial charge is 0.410 e. The van der Waals surface area contributed by atoms with Crippen LogP contribution in [0, 0.1) is 0 Å². The third-order valence-electron chi connectivity index (χ3n) is 11.7. The minimum absolute atomic E-state index is 0.0326. The zero-order valence-corrected chi connectivity index (χ0v) is 35.7. The number of hydrogen-bond donors (Lipinski definition) is 6. The molecule has 3 aliphatic heterocycles. The summed E-state index contributed by atoms with van der Waals surface area (Å²) in [6, 6.07) is 11.7. The lowest BCUT2D eigenvalue weighted by atomic mass is 9.81. The Hall–Kier alpha value is -6.22. The molecule has 1 amide bonds. The second-order valence-corrected chi connectivity index (χ2v) is 15.9. The monoisotopic (exact) mass is 952 g/mol. The van der Waals surface area contributed by atoms with E-state index in [2.05, 4.69) is 50.1 Å². The number of aliphatic hydroxyl groups is 6. The SMILES string of the molecule is [N-]=[N+]=NCC1OC(OC2C(CO)OC(OC3C(O)C(N=[N+]=[N-])C(O)C(N=[N+]=[N-])C3OC3OC(CN(Cc4ccccc4)C(=O)OCc4ccccc4)CCC3N=[N+]=[N-])C2O)C(N=[N+]=[N-])C(O)C1O. The van der Waals surface area contributed by atoms with Gasteiger partial charge in [-0.25, -0.2) is 4.79 Å². The fraction of sp³-hybridized carbons (Fsp3) is 0.658. The average Bonchev–Trinajstić information content (AvgIpc) is 3.64. The first kappa shape index (κ1) is 51.2. The predicted molar refractivity (Wildman–Crippen MR) is 226 cm³/mol. The molecule has 6 rings (SSSR count).